The van der Waals surface area contributed by atoms with Crippen molar-refractivity contribution in [3.63, 3.8) is 0 Å². The van der Waals surface area contributed by atoms with Crippen LogP contribution in [0.3, 0.4) is 0 Å². The van der Waals surface area contributed by atoms with Crippen molar-refractivity contribution < 1.29 is 9.90 Å². The van der Waals surface area contributed by atoms with Crippen molar-refractivity contribution in [2.75, 3.05) is 0 Å². The molecular weight excluding hydrogens is 242 g/mol. The lowest BCUT2D eigenvalue weighted by Gasteiger charge is -2.28. The van der Waals surface area contributed by atoms with Crippen molar-refractivity contribution in [1.29, 1.82) is 0 Å². The van der Waals surface area contributed by atoms with E-state index in [0.717, 1.165) is 36.7 Å². The average molecular weight is 259 g/mol. The Hall–Kier alpha value is -1.88. The van der Waals surface area contributed by atoms with Gasteiger partial charge in [0.15, 0.2) is 0 Å². The summed E-state index contributed by atoms with van der Waals surface area (Å²) in [4.78, 5) is 19.3. The van der Waals surface area contributed by atoms with Gasteiger partial charge in [-0.1, -0.05) is 12.8 Å². The molecule has 0 bridgehead atoms. The van der Waals surface area contributed by atoms with E-state index < -0.39 is 6.10 Å². The maximum atomic E-state index is 12.2. The van der Waals surface area contributed by atoms with Gasteiger partial charge in [0.2, 0.25) is 0 Å². The molecule has 3 rings (SSSR count). The fourth-order valence-corrected chi connectivity index (χ4v) is 2.61. The van der Waals surface area contributed by atoms with Gasteiger partial charge < -0.3 is 15.4 Å². The molecule has 1 aromatic carbocycles. The zero-order valence-corrected chi connectivity index (χ0v) is 10.6. The molecule has 5 nitrogen and oxygen atoms in total. The Bertz CT molecular complexity index is 593. The summed E-state index contributed by atoms with van der Waals surface area (Å²) in [7, 11) is 0. The SMILES string of the molecule is O=C(N[C@@H]1CCCC[C@H]1O)c1ccc2nc[nH]c2c1. The molecule has 1 saturated carbocycles. The fraction of sp³-hybridized carbons (Fsp3) is 0.429. The average Bonchev–Trinajstić information content (AvgIpc) is 2.88. The summed E-state index contributed by atoms with van der Waals surface area (Å²) in [6.45, 7) is 0. The Morgan fingerprint density at radius 1 is 1.37 bits per heavy atom. The highest BCUT2D eigenvalue weighted by Gasteiger charge is 2.24. The highest BCUT2D eigenvalue weighted by Crippen LogP contribution is 2.19. The van der Waals surface area contributed by atoms with Crippen molar-refractivity contribution in [3.8, 4) is 0 Å². The molecule has 100 valence electrons. The van der Waals surface area contributed by atoms with Crippen LogP contribution in [0.25, 0.3) is 11.0 Å². The van der Waals surface area contributed by atoms with Gasteiger partial charge in [-0.2, -0.15) is 0 Å². The number of hydrogen-bond acceptors (Lipinski definition) is 3. The monoisotopic (exact) mass is 259 g/mol. The predicted molar refractivity (Wildman–Crippen MR) is 71.8 cm³/mol. The first kappa shape index (κ1) is 12.2. The second-order valence-corrected chi connectivity index (χ2v) is 5.07. The largest absolute Gasteiger partial charge is 0.391 e. The lowest BCUT2D eigenvalue weighted by Crippen LogP contribution is -2.45. The van der Waals surface area contributed by atoms with Crippen molar-refractivity contribution in [1.82, 2.24) is 15.3 Å². The van der Waals surface area contributed by atoms with Crippen LogP contribution in [0.2, 0.25) is 0 Å². The van der Waals surface area contributed by atoms with E-state index >= 15 is 0 Å². The minimum atomic E-state index is -0.423. The van der Waals surface area contributed by atoms with E-state index in [1.54, 1.807) is 18.5 Å². The van der Waals surface area contributed by atoms with Crippen LogP contribution in [0.4, 0.5) is 0 Å². The number of aromatic nitrogens is 2. The number of hydrogen-bond donors (Lipinski definition) is 3. The first-order valence-electron chi connectivity index (χ1n) is 6.66. The van der Waals surface area contributed by atoms with Gasteiger partial charge in [0.1, 0.15) is 0 Å². The van der Waals surface area contributed by atoms with E-state index in [1.807, 2.05) is 6.07 Å². The first-order valence-corrected chi connectivity index (χ1v) is 6.66. The van der Waals surface area contributed by atoms with E-state index in [2.05, 4.69) is 15.3 Å². The summed E-state index contributed by atoms with van der Waals surface area (Å²) < 4.78 is 0. The highest BCUT2D eigenvalue weighted by atomic mass is 16.3. The number of nitrogens with zero attached hydrogens (tertiary/aromatic N) is 1. The van der Waals surface area contributed by atoms with Gasteiger partial charge in [0, 0.05) is 5.56 Å². The minimum Gasteiger partial charge on any atom is -0.391 e. The van der Waals surface area contributed by atoms with Crippen LogP contribution >= 0.6 is 0 Å². The van der Waals surface area contributed by atoms with Crippen LogP contribution in [0.5, 0.6) is 0 Å². The standard InChI is InChI=1S/C14H17N3O2/c18-13-4-2-1-3-11(13)17-14(19)9-5-6-10-12(7-9)16-8-15-10/h5-8,11,13,18H,1-4H2,(H,15,16)(H,17,19)/t11-,13-/m1/s1. The van der Waals surface area contributed by atoms with Crippen LogP contribution in [0.15, 0.2) is 24.5 Å². The molecule has 1 aromatic heterocycles. The van der Waals surface area contributed by atoms with Gasteiger partial charge in [-0.05, 0) is 31.0 Å². The molecule has 1 fully saturated rings. The molecule has 1 amide bonds. The molecule has 2 atom stereocenters. The summed E-state index contributed by atoms with van der Waals surface area (Å²) >= 11 is 0. The Morgan fingerprint density at radius 2 is 2.21 bits per heavy atom. The number of benzene rings is 1. The minimum absolute atomic E-state index is 0.126. The number of aliphatic hydroxyl groups excluding tert-OH is 1. The summed E-state index contributed by atoms with van der Waals surface area (Å²) in [6, 6.07) is 5.23. The van der Waals surface area contributed by atoms with Gasteiger partial charge in [0.25, 0.3) is 5.91 Å². The maximum absolute atomic E-state index is 12.2. The second-order valence-electron chi connectivity index (χ2n) is 5.07. The molecule has 19 heavy (non-hydrogen) atoms. The van der Waals surface area contributed by atoms with Gasteiger partial charge in [-0.15, -0.1) is 0 Å². The van der Waals surface area contributed by atoms with Crippen molar-refractivity contribution in [3.05, 3.63) is 30.1 Å². The summed E-state index contributed by atoms with van der Waals surface area (Å²) in [5.41, 5.74) is 2.28. The molecule has 0 radical (unpaired) electrons. The molecule has 0 unspecified atom stereocenters. The summed E-state index contributed by atoms with van der Waals surface area (Å²) in [5.74, 6) is -0.137. The summed E-state index contributed by atoms with van der Waals surface area (Å²) in [6.07, 6.45) is 4.89. The molecule has 0 spiro atoms. The molecule has 1 heterocycles. The smallest absolute Gasteiger partial charge is 0.251 e. The number of nitrogens with one attached hydrogen (secondary N) is 2. The topological polar surface area (TPSA) is 78.0 Å². The highest BCUT2D eigenvalue weighted by molar-refractivity contribution is 5.97. The van der Waals surface area contributed by atoms with Crippen molar-refractivity contribution >= 4 is 16.9 Å². The summed E-state index contributed by atoms with van der Waals surface area (Å²) in [5, 5.41) is 12.8. The van der Waals surface area contributed by atoms with E-state index in [0.29, 0.717) is 5.56 Å². The number of amides is 1. The van der Waals surface area contributed by atoms with E-state index in [9.17, 15) is 9.90 Å². The number of carbonyl (C=O) groups is 1. The van der Waals surface area contributed by atoms with E-state index in [-0.39, 0.29) is 11.9 Å². The third kappa shape index (κ3) is 2.46. The molecule has 0 aliphatic heterocycles. The Labute approximate surface area is 111 Å². The van der Waals surface area contributed by atoms with E-state index in [1.165, 1.54) is 0 Å². The van der Waals surface area contributed by atoms with Gasteiger partial charge >= 0.3 is 0 Å². The maximum Gasteiger partial charge on any atom is 0.251 e. The number of aliphatic hydroxyl groups is 1. The molecular formula is C14H17N3O2. The Balaban J connectivity index is 1.75. The van der Waals surface area contributed by atoms with Crippen LogP contribution in [0, 0.1) is 0 Å². The number of carbonyl (C=O) groups excluding carboxylic acids is 1. The molecule has 1 aliphatic rings. The quantitative estimate of drug-likeness (QED) is 0.766. The molecule has 3 N–H and O–H groups in total. The van der Waals surface area contributed by atoms with Gasteiger partial charge in [0.05, 0.1) is 29.5 Å². The van der Waals surface area contributed by atoms with Crippen LogP contribution in [-0.4, -0.2) is 33.1 Å². The van der Waals surface area contributed by atoms with Crippen LogP contribution in [-0.2, 0) is 0 Å². The number of fused-ring (bicyclic) bond motifs is 1. The number of imidazole rings is 1. The predicted octanol–water partition coefficient (Wildman–Crippen LogP) is 1.60. The van der Waals surface area contributed by atoms with Crippen molar-refractivity contribution in [2.24, 2.45) is 0 Å². The fourth-order valence-electron chi connectivity index (χ4n) is 2.61. The first-order chi connectivity index (χ1) is 9.24. The van der Waals surface area contributed by atoms with Gasteiger partial charge in [-0.25, -0.2) is 4.98 Å². The zero-order chi connectivity index (χ0) is 13.2. The lowest BCUT2D eigenvalue weighted by atomic mass is 9.92. The van der Waals surface area contributed by atoms with Crippen molar-refractivity contribution in [2.45, 2.75) is 37.8 Å². The normalized spacial score (nSPS) is 23.4. The lowest BCUT2D eigenvalue weighted by molar-refractivity contribution is 0.0717. The van der Waals surface area contributed by atoms with Crippen LogP contribution < -0.4 is 5.32 Å². The molecule has 5 heteroatoms. The molecule has 2 aromatic rings. The van der Waals surface area contributed by atoms with Gasteiger partial charge in [-0.3, -0.25) is 4.79 Å². The number of rotatable bonds is 2. The molecule has 0 saturated heterocycles. The van der Waals surface area contributed by atoms with E-state index in [4.69, 9.17) is 0 Å². The third-order valence-electron chi connectivity index (χ3n) is 3.73. The zero-order valence-electron chi connectivity index (χ0n) is 10.6. The van der Waals surface area contributed by atoms with Crippen LogP contribution in [0.1, 0.15) is 36.0 Å². The number of H-pyrrole nitrogens is 1. The Morgan fingerprint density at radius 3 is 3.05 bits per heavy atom. The third-order valence-corrected chi connectivity index (χ3v) is 3.73. The molecule has 1 aliphatic carbocycles. The Kier molecular flexibility index (Phi) is 3.21. The number of aromatic amines is 1. The second kappa shape index (κ2) is 5.01.